The van der Waals surface area contributed by atoms with E-state index >= 15 is 0 Å². The highest BCUT2D eigenvalue weighted by Gasteiger charge is 2.32. The first kappa shape index (κ1) is 17.9. The Kier molecular flexibility index (Phi) is 5.71. The van der Waals surface area contributed by atoms with Crippen molar-refractivity contribution in [2.75, 3.05) is 39.8 Å². The van der Waals surface area contributed by atoms with Crippen molar-refractivity contribution in [2.24, 2.45) is 0 Å². The van der Waals surface area contributed by atoms with E-state index in [9.17, 15) is 14.7 Å². The van der Waals surface area contributed by atoms with Gasteiger partial charge in [-0.3, -0.25) is 9.69 Å². The third-order valence-corrected chi connectivity index (χ3v) is 5.25. The SMILES string of the molecule is CN1CCN(Cc2ccc(C(=O)N3CCCCC3C(=O)O)cc2)CC1. The van der Waals surface area contributed by atoms with Crippen LogP contribution in [0.1, 0.15) is 35.2 Å². The lowest BCUT2D eigenvalue weighted by Crippen LogP contribution is -2.48. The maximum Gasteiger partial charge on any atom is 0.326 e. The second-order valence-corrected chi connectivity index (χ2v) is 7.12. The molecule has 25 heavy (non-hydrogen) atoms. The fourth-order valence-electron chi connectivity index (χ4n) is 3.61. The van der Waals surface area contributed by atoms with E-state index in [1.165, 1.54) is 10.5 Å². The number of nitrogens with zero attached hydrogens (tertiary/aromatic N) is 3. The van der Waals surface area contributed by atoms with Gasteiger partial charge in [0.2, 0.25) is 0 Å². The molecule has 136 valence electrons. The molecular formula is C19H27N3O3. The van der Waals surface area contributed by atoms with Crippen LogP contribution in [0.4, 0.5) is 0 Å². The molecule has 2 saturated heterocycles. The number of aliphatic carboxylic acids is 1. The van der Waals surface area contributed by atoms with E-state index in [-0.39, 0.29) is 5.91 Å². The molecule has 0 saturated carbocycles. The van der Waals surface area contributed by atoms with Gasteiger partial charge in [-0.2, -0.15) is 0 Å². The highest BCUT2D eigenvalue weighted by Crippen LogP contribution is 2.20. The molecule has 0 bridgehead atoms. The summed E-state index contributed by atoms with van der Waals surface area (Å²) in [6, 6.07) is 6.96. The smallest absolute Gasteiger partial charge is 0.326 e. The molecule has 2 heterocycles. The largest absolute Gasteiger partial charge is 0.480 e. The fraction of sp³-hybridized carbons (Fsp3) is 0.579. The van der Waals surface area contributed by atoms with Gasteiger partial charge in [-0.05, 0) is 44.0 Å². The summed E-state index contributed by atoms with van der Waals surface area (Å²) in [5, 5.41) is 9.35. The molecule has 1 atom stereocenters. The van der Waals surface area contributed by atoms with Gasteiger partial charge in [0.15, 0.2) is 0 Å². The van der Waals surface area contributed by atoms with Gasteiger partial charge in [-0.15, -0.1) is 0 Å². The van der Waals surface area contributed by atoms with Gasteiger partial charge in [0.1, 0.15) is 6.04 Å². The molecule has 6 nitrogen and oxygen atoms in total. The van der Waals surface area contributed by atoms with Gasteiger partial charge < -0.3 is 14.9 Å². The lowest BCUT2D eigenvalue weighted by molar-refractivity contribution is -0.143. The summed E-state index contributed by atoms with van der Waals surface area (Å²) in [4.78, 5) is 30.4. The number of piperidine rings is 1. The number of carboxylic acid groups (broad SMARTS) is 1. The van der Waals surface area contributed by atoms with Crippen molar-refractivity contribution in [1.82, 2.24) is 14.7 Å². The Hall–Kier alpha value is -1.92. The molecular weight excluding hydrogens is 318 g/mol. The van der Waals surface area contributed by atoms with Crippen LogP contribution < -0.4 is 0 Å². The third kappa shape index (κ3) is 4.38. The predicted molar refractivity (Wildman–Crippen MR) is 95.5 cm³/mol. The van der Waals surface area contributed by atoms with E-state index in [1.54, 1.807) is 0 Å². The van der Waals surface area contributed by atoms with Crippen molar-refractivity contribution in [2.45, 2.75) is 31.8 Å². The lowest BCUT2D eigenvalue weighted by atomic mass is 10.0. The molecule has 2 aliphatic rings. The second-order valence-electron chi connectivity index (χ2n) is 7.12. The summed E-state index contributed by atoms with van der Waals surface area (Å²) in [6.45, 7) is 5.71. The van der Waals surface area contributed by atoms with E-state index in [1.807, 2.05) is 24.3 Å². The Morgan fingerprint density at radius 3 is 2.36 bits per heavy atom. The summed E-state index contributed by atoms with van der Waals surface area (Å²) < 4.78 is 0. The number of hydrogen-bond acceptors (Lipinski definition) is 4. The van der Waals surface area contributed by atoms with Crippen molar-refractivity contribution in [3.63, 3.8) is 0 Å². The molecule has 2 aliphatic heterocycles. The maximum atomic E-state index is 12.7. The first-order valence-electron chi connectivity index (χ1n) is 9.08. The minimum Gasteiger partial charge on any atom is -0.480 e. The maximum absolute atomic E-state index is 12.7. The summed E-state index contributed by atoms with van der Waals surface area (Å²) >= 11 is 0. The number of amides is 1. The zero-order valence-corrected chi connectivity index (χ0v) is 14.9. The predicted octanol–water partition coefficient (Wildman–Crippen LogP) is 1.51. The van der Waals surface area contributed by atoms with Crippen LogP contribution in [0, 0.1) is 0 Å². The first-order chi connectivity index (χ1) is 12.0. The number of rotatable bonds is 4. The number of likely N-dealkylation sites (tertiary alicyclic amines) is 1. The Labute approximate surface area is 149 Å². The number of carbonyl (C=O) groups excluding carboxylic acids is 1. The molecule has 0 aromatic heterocycles. The van der Waals surface area contributed by atoms with E-state index in [4.69, 9.17) is 0 Å². The van der Waals surface area contributed by atoms with Gasteiger partial charge in [-0.1, -0.05) is 12.1 Å². The molecule has 2 fully saturated rings. The zero-order chi connectivity index (χ0) is 17.8. The number of carboxylic acids is 1. The number of piperazine rings is 1. The zero-order valence-electron chi connectivity index (χ0n) is 14.9. The molecule has 6 heteroatoms. The van der Waals surface area contributed by atoms with Gasteiger partial charge in [0, 0.05) is 44.8 Å². The molecule has 0 aliphatic carbocycles. The Morgan fingerprint density at radius 1 is 1.04 bits per heavy atom. The van der Waals surface area contributed by atoms with Crippen LogP contribution in [0.3, 0.4) is 0 Å². The average molecular weight is 345 g/mol. The Balaban J connectivity index is 1.63. The van der Waals surface area contributed by atoms with Crippen molar-refractivity contribution in [3.05, 3.63) is 35.4 Å². The van der Waals surface area contributed by atoms with Crippen LogP contribution >= 0.6 is 0 Å². The molecule has 1 amide bonds. The minimum atomic E-state index is -0.903. The van der Waals surface area contributed by atoms with Gasteiger partial charge in [0.25, 0.3) is 5.91 Å². The second kappa shape index (κ2) is 7.97. The summed E-state index contributed by atoms with van der Waals surface area (Å²) in [5.74, 6) is -1.07. The normalized spacial score (nSPS) is 22.8. The Morgan fingerprint density at radius 2 is 1.72 bits per heavy atom. The third-order valence-electron chi connectivity index (χ3n) is 5.25. The van der Waals surface area contributed by atoms with Crippen molar-refractivity contribution in [1.29, 1.82) is 0 Å². The molecule has 3 rings (SSSR count). The highest BCUT2D eigenvalue weighted by molar-refractivity contribution is 5.96. The molecule has 0 spiro atoms. The number of carbonyl (C=O) groups is 2. The van der Waals surface area contributed by atoms with Crippen molar-refractivity contribution < 1.29 is 14.7 Å². The van der Waals surface area contributed by atoms with Gasteiger partial charge >= 0.3 is 5.97 Å². The first-order valence-corrected chi connectivity index (χ1v) is 9.08. The van der Waals surface area contributed by atoms with Crippen LogP contribution in [0.2, 0.25) is 0 Å². The summed E-state index contributed by atoms with van der Waals surface area (Å²) in [6.07, 6.45) is 2.28. The topological polar surface area (TPSA) is 64.1 Å². The molecule has 1 unspecified atom stereocenters. The number of hydrogen-bond donors (Lipinski definition) is 1. The van der Waals surface area contributed by atoms with Crippen LogP contribution in [-0.4, -0.2) is 77.5 Å². The minimum absolute atomic E-state index is 0.168. The van der Waals surface area contributed by atoms with Crippen LogP contribution in [0.15, 0.2) is 24.3 Å². The lowest BCUT2D eigenvalue weighted by Gasteiger charge is -2.33. The average Bonchev–Trinajstić information content (AvgIpc) is 2.63. The van der Waals surface area contributed by atoms with E-state index < -0.39 is 12.0 Å². The standard InChI is InChI=1S/C19H27N3O3/c1-20-10-12-21(13-11-20)14-15-5-7-16(8-6-15)18(23)22-9-3-2-4-17(22)19(24)25/h5-8,17H,2-4,9-14H2,1H3,(H,24,25). The Bertz CT molecular complexity index is 609. The van der Waals surface area contributed by atoms with Crippen LogP contribution in [0.5, 0.6) is 0 Å². The molecule has 0 radical (unpaired) electrons. The number of likely N-dealkylation sites (N-methyl/N-ethyl adjacent to an activating group) is 1. The summed E-state index contributed by atoms with van der Waals surface area (Å²) in [7, 11) is 2.14. The van der Waals surface area contributed by atoms with E-state index in [0.717, 1.165) is 45.6 Å². The van der Waals surface area contributed by atoms with Gasteiger partial charge in [0.05, 0.1) is 0 Å². The number of benzene rings is 1. The highest BCUT2D eigenvalue weighted by atomic mass is 16.4. The fourth-order valence-corrected chi connectivity index (χ4v) is 3.61. The monoisotopic (exact) mass is 345 g/mol. The van der Waals surface area contributed by atoms with E-state index in [0.29, 0.717) is 18.5 Å². The van der Waals surface area contributed by atoms with Crippen LogP contribution in [-0.2, 0) is 11.3 Å². The molecule has 1 aromatic carbocycles. The van der Waals surface area contributed by atoms with E-state index in [2.05, 4.69) is 16.8 Å². The van der Waals surface area contributed by atoms with Crippen molar-refractivity contribution >= 4 is 11.9 Å². The quantitative estimate of drug-likeness (QED) is 0.896. The molecule has 1 N–H and O–H groups in total. The van der Waals surface area contributed by atoms with Gasteiger partial charge in [-0.25, -0.2) is 4.79 Å². The van der Waals surface area contributed by atoms with Crippen LogP contribution in [0.25, 0.3) is 0 Å². The molecule has 1 aromatic rings. The summed E-state index contributed by atoms with van der Waals surface area (Å²) in [5.41, 5.74) is 1.77. The van der Waals surface area contributed by atoms with Crippen molar-refractivity contribution in [3.8, 4) is 0 Å².